The van der Waals surface area contributed by atoms with Crippen molar-refractivity contribution in [3.63, 3.8) is 0 Å². The minimum absolute atomic E-state index is 0.233. The van der Waals surface area contributed by atoms with Crippen LogP contribution in [-0.4, -0.2) is 0 Å². The second-order valence-electron chi connectivity index (χ2n) is 12.3. The number of para-hydroxylation sites is 3. The zero-order valence-corrected chi connectivity index (χ0v) is 26.7. The summed E-state index contributed by atoms with van der Waals surface area (Å²) in [6.07, 6.45) is 8.22. The fourth-order valence-corrected chi connectivity index (χ4v) is 6.87. The van der Waals surface area contributed by atoms with Crippen LogP contribution in [0.4, 0.5) is 28.4 Å². The van der Waals surface area contributed by atoms with Crippen molar-refractivity contribution < 1.29 is 0 Å². The molecule has 2 nitrogen and oxygen atoms in total. The minimum Gasteiger partial charge on any atom is -0.310 e. The molecule has 224 valence electrons. The second-order valence-corrected chi connectivity index (χ2v) is 12.3. The minimum atomic E-state index is -0.233. The zero-order chi connectivity index (χ0) is 31.7. The third-order valence-electron chi connectivity index (χ3n) is 9.06. The van der Waals surface area contributed by atoms with Gasteiger partial charge in [0.05, 0.1) is 5.69 Å². The monoisotopic (exact) mass is 594 g/mol. The van der Waals surface area contributed by atoms with Gasteiger partial charge in [0.1, 0.15) is 0 Å². The third kappa shape index (κ3) is 5.02. The molecule has 2 heteroatoms. The van der Waals surface area contributed by atoms with Crippen LogP contribution in [-0.2, 0) is 5.41 Å². The summed E-state index contributed by atoms with van der Waals surface area (Å²) in [4.78, 5) is 4.64. The Kier molecular flexibility index (Phi) is 7.64. The molecule has 0 radical (unpaired) electrons. The van der Waals surface area contributed by atoms with Crippen LogP contribution in [0.5, 0.6) is 0 Å². The van der Waals surface area contributed by atoms with E-state index in [0.717, 1.165) is 34.1 Å². The van der Waals surface area contributed by atoms with Crippen LogP contribution < -0.4 is 9.80 Å². The van der Waals surface area contributed by atoms with Crippen molar-refractivity contribution in [1.29, 1.82) is 0 Å². The van der Waals surface area contributed by atoms with Crippen LogP contribution in [0.3, 0.4) is 0 Å². The van der Waals surface area contributed by atoms with E-state index in [-0.39, 0.29) is 5.41 Å². The second kappa shape index (κ2) is 12.1. The summed E-state index contributed by atoms with van der Waals surface area (Å²) in [5.41, 5.74) is 11.6. The molecule has 1 aliphatic rings. The molecule has 0 amide bonds. The molecule has 0 spiro atoms. The van der Waals surface area contributed by atoms with E-state index in [1.807, 2.05) is 19.1 Å². The first kappa shape index (κ1) is 29.1. The first-order valence-electron chi connectivity index (χ1n) is 15.9. The molecule has 46 heavy (non-hydrogen) atoms. The smallest absolute Gasteiger partial charge is 0.0543 e. The number of rotatable bonds is 8. The Bertz CT molecular complexity index is 2050. The van der Waals surface area contributed by atoms with Gasteiger partial charge >= 0.3 is 0 Å². The summed E-state index contributed by atoms with van der Waals surface area (Å²) in [6, 6.07) is 50.1. The summed E-state index contributed by atoms with van der Waals surface area (Å²) >= 11 is 0. The zero-order valence-electron chi connectivity index (χ0n) is 26.7. The van der Waals surface area contributed by atoms with Crippen LogP contribution in [0, 0.1) is 0 Å². The highest BCUT2D eigenvalue weighted by atomic mass is 15.1. The van der Waals surface area contributed by atoms with E-state index >= 15 is 0 Å². The van der Waals surface area contributed by atoms with E-state index in [1.165, 1.54) is 33.0 Å². The summed E-state index contributed by atoms with van der Waals surface area (Å²) in [5.74, 6) is 0. The fraction of sp³-hybridized carbons (Fsp3) is 0.0909. The summed E-state index contributed by atoms with van der Waals surface area (Å²) in [5, 5.41) is 2.46. The van der Waals surface area contributed by atoms with Crippen LogP contribution in [0.2, 0.25) is 0 Å². The molecule has 0 fully saturated rings. The van der Waals surface area contributed by atoms with Crippen molar-refractivity contribution in [1.82, 2.24) is 0 Å². The van der Waals surface area contributed by atoms with E-state index in [9.17, 15) is 0 Å². The Labute approximate surface area is 272 Å². The topological polar surface area (TPSA) is 6.48 Å². The van der Waals surface area contributed by atoms with E-state index in [1.54, 1.807) is 0 Å². The van der Waals surface area contributed by atoms with Crippen molar-refractivity contribution in [2.75, 3.05) is 9.80 Å². The number of allylic oxidation sites excluding steroid dienone is 4. The van der Waals surface area contributed by atoms with Gasteiger partial charge in [0.15, 0.2) is 0 Å². The lowest BCUT2D eigenvalue weighted by Gasteiger charge is -2.30. The van der Waals surface area contributed by atoms with Gasteiger partial charge in [-0.05, 0) is 95.2 Å². The Hall–Kier alpha value is -5.60. The van der Waals surface area contributed by atoms with Gasteiger partial charge in [-0.1, -0.05) is 124 Å². The molecule has 1 aliphatic carbocycles. The number of hydrogen-bond donors (Lipinski definition) is 0. The largest absolute Gasteiger partial charge is 0.310 e. The molecular weight excluding hydrogens is 556 g/mol. The van der Waals surface area contributed by atoms with Gasteiger partial charge in [-0.2, -0.15) is 0 Å². The average Bonchev–Trinajstić information content (AvgIpc) is 3.32. The normalized spacial score (nSPS) is 13.2. The molecule has 0 saturated carbocycles. The molecule has 0 unspecified atom stereocenters. The number of hydrogen-bond acceptors (Lipinski definition) is 2. The molecule has 0 heterocycles. The molecule has 6 aromatic carbocycles. The van der Waals surface area contributed by atoms with E-state index in [4.69, 9.17) is 0 Å². The lowest BCUT2D eigenvalue weighted by atomic mass is 9.81. The Morgan fingerprint density at radius 1 is 0.587 bits per heavy atom. The van der Waals surface area contributed by atoms with Crippen molar-refractivity contribution in [2.24, 2.45) is 0 Å². The maximum atomic E-state index is 4.54. The number of anilines is 5. The Morgan fingerprint density at radius 3 is 1.76 bits per heavy atom. The molecule has 6 aromatic rings. The van der Waals surface area contributed by atoms with Crippen molar-refractivity contribution in [2.45, 2.75) is 26.2 Å². The molecule has 0 saturated heterocycles. The predicted molar refractivity (Wildman–Crippen MR) is 198 cm³/mol. The quantitative estimate of drug-likeness (QED) is 0.162. The van der Waals surface area contributed by atoms with Crippen molar-refractivity contribution in [3.05, 3.63) is 187 Å². The van der Waals surface area contributed by atoms with Gasteiger partial charge in [0.25, 0.3) is 0 Å². The highest BCUT2D eigenvalue weighted by Gasteiger charge is 2.38. The van der Waals surface area contributed by atoms with E-state index in [2.05, 4.69) is 182 Å². The van der Waals surface area contributed by atoms with Gasteiger partial charge in [0.2, 0.25) is 0 Å². The van der Waals surface area contributed by atoms with Crippen molar-refractivity contribution in [3.8, 4) is 11.1 Å². The SMILES string of the molecule is C=C(/C=C\C=C/C)N(c1ccccc1)c1cc2c(c3ccccc13)-c1ccc(N(c3ccccc3)c3ccccc3)cc1C2(C)C. The molecule has 0 bridgehead atoms. The Morgan fingerprint density at radius 2 is 1.15 bits per heavy atom. The maximum Gasteiger partial charge on any atom is 0.0543 e. The third-order valence-corrected chi connectivity index (χ3v) is 9.06. The van der Waals surface area contributed by atoms with Gasteiger partial charge in [-0.3, -0.25) is 0 Å². The maximum absolute atomic E-state index is 4.54. The molecule has 7 rings (SSSR count). The van der Waals surface area contributed by atoms with Gasteiger partial charge in [-0.15, -0.1) is 0 Å². The van der Waals surface area contributed by atoms with Gasteiger partial charge < -0.3 is 9.80 Å². The molecule has 0 aliphatic heterocycles. The van der Waals surface area contributed by atoms with Crippen LogP contribution in [0.1, 0.15) is 31.9 Å². The number of nitrogens with zero attached hydrogens (tertiary/aromatic N) is 2. The summed E-state index contributed by atoms with van der Waals surface area (Å²) < 4.78 is 0. The molecule has 0 aromatic heterocycles. The van der Waals surface area contributed by atoms with Crippen LogP contribution in [0.25, 0.3) is 21.9 Å². The number of fused-ring (bicyclic) bond motifs is 5. The average molecular weight is 595 g/mol. The Balaban J connectivity index is 1.43. The lowest BCUT2D eigenvalue weighted by Crippen LogP contribution is -2.19. The van der Waals surface area contributed by atoms with E-state index in [0.29, 0.717) is 0 Å². The standard InChI is InChI=1S/C44H38N2/c1-5-6-10-19-32(2)45(33-20-11-7-12-21-33)42-31-41-43(38-27-18-17-26-37(38)42)39-29-28-36(30-40(39)44(41,3)4)46(34-22-13-8-14-23-34)35-24-15-9-16-25-35/h5-31H,2H2,1,3-4H3/b6-5-,19-10-. The summed E-state index contributed by atoms with van der Waals surface area (Å²) in [7, 11) is 0. The van der Waals surface area contributed by atoms with Gasteiger partial charge in [0, 0.05) is 39.2 Å². The van der Waals surface area contributed by atoms with Gasteiger partial charge in [-0.25, -0.2) is 0 Å². The predicted octanol–water partition coefficient (Wildman–Crippen LogP) is 12.4. The highest BCUT2D eigenvalue weighted by Crippen LogP contribution is 2.55. The molecular formula is C44H38N2. The van der Waals surface area contributed by atoms with E-state index < -0.39 is 0 Å². The molecule has 0 N–H and O–H groups in total. The first-order valence-corrected chi connectivity index (χ1v) is 15.9. The summed E-state index contributed by atoms with van der Waals surface area (Å²) in [6.45, 7) is 11.3. The van der Waals surface area contributed by atoms with Crippen LogP contribution in [0.15, 0.2) is 176 Å². The lowest BCUT2D eigenvalue weighted by molar-refractivity contribution is 0.661. The number of benzene rings is 6. The molecule has 0 atom stereocenters. The van der Waals surface area contributed by atoms with Crippen molar-refractivity contribution >= 4 is 39.2 Å². The first-order chi connectivity index (χ1) is 22.5. The fourth-order valence-electron chi connectivity index (χ4n) is 6.87. The van der Waals surface area contributed by atoms with Crippen LogP contribution >= 0.6 is 0 Å². The highest BCUT2D eigenvalue weighted by molar-refractivity contribution is 6.09.